The minimum atomic E-state index is -0.937. The summed E-state index contributed by atoms with van der Waals surface area (Å²) in [7, 11) is 0. The van der Waals surface area contributed by atoms with Crippen LogP contribution in [0.3, 0.4) is 0 Å². The summed E-state index contributed by atoms with van der Waals surface area (Å²) in [5, 5.41) is 0. The van der Waals surface area contributed by atoms with E-state index in [9.17, 15) is 9.59 Å². The second-order valence-corrected chi connectivity index (χ2v) is 1.34. The number of hydrogen-bond acceptors (Lipinski definition) is 3. The number of nitrogens with two attached hydrogens (primary N) is 1. The molecule has 2 amide bonds. The Labute approximate surface area is 56.1 Å². The number of rotatable bonds is 1. The summed E-state index contributed by atoms with van der Waals surface area (Å²) in [5.74, 6) is -1.07. The molecule has 0 aliphatic rings. The van der Waals surface area contributed by atoms with Gasteiger partial charge in [-0.1, -0.05) is 0 Å². The molecule has 0 aliphatic carbocycles. The van der Waals surface area contributed by atoms with Gasteiger partial charge in [-0.25, -0.2) is 9.59 Å². The number of carbonyl (C=O) groups excluding carboxylic acids is 2. The highest BCUT2D eigenvalue weighted by Gasteiger charge is 1.99. The first-order valence-electron chi connectivity index (χ1n) is 1.98. The van der Waals surface area contributed by atoms with Gasteiger partial charge in [0, 0.05) is 0 Å². The Morgan fingerprint density at radius 1 is 1.67 bits per heavy atom. The topological polar surface area (TPSA) is 81.4 Å². The molecule has 6 heteroatoms. The van der Waals surface area contributed by atoms with E-state index in [4.69, 9.17) is 11.6 Å². The van der Waals surface area contributed by atoms with Gasteiger partial charge >= 0.3 is 12.0 Å². The van der Waals surface area contributed by atoms with Gasteiger partial charge in [0.15, 0.2) is 0 Å². The number of hydroxylamine groups is 1. The van der Waals surface area contributed by atoms with Gasteiger partial charge in [0.05, 0.1) is 0 Å². The number of amides is 2. The van der Waals surface area contributed by atoms with Gasteiger partial charge in [0.2, 0.25) is 0 Å². The molecule has 0 aromatic carbocycles. The summed E-state index contributed by atoms with van der Waals surface area (Å²) in [6.07, 6.45) is 0. The number of hydrogen-bond donors (Lipinski definition) is 2. The molecule has 0 aromatic rings. The summed E-state index contributed by atoms with van der Waals surface area (Å²) in [6, 6.07) is -0.937. The molecule has 5 nitrogen and oxygen atoms in total. The van der Waals surface area contributed by atoms with Crippen LogP contribution in [0, 0.1) is 0 Å². The van der Waals surface area contributed by atoms with Gasteiger partial charge in [-0.15, -0.1) is 11.6 Å². The number of halogens is 1. The van der Waals surface area contributed by atoms with Crippen LogP contribution in [0.15, 0.2) is 0 Å². The lowest BCUT2D eigenvalue weighted by molar-refractivity contribution is -0.145. The van der Waals surface area contributed by atoms with Crippen molar-refractivity contribution < 1.29 is 14.4 Å². The molecule has 0 spiro atoms. The first-order chi connectivity index (χ1) is 4.16. The van der Waals surface area contributed by atoms with E-state index in [0.29, 0.717) is 0 Å². The third-order valence-electron chi connectivity index (χ3n) is 0.375. The predicted octanol–water partition coefficient (Wildman–Crippen LogP) is -0.648. The van der Waals surface area contributed by atoms with E-state index in [1.54, 1.807) is 5.48 Å². The Bertz CT molecular complexity index is 126. The van der Waals surface area contributed by atoms with E-state index >= 15 is 0 Å². The first kappa shape index (κ1) is 8.03. The summed E-state index contributed by atoms with van der Waals surface area (Å²) >= 11 is 4.97. The highest BCUT2D eigenvalue weighted by molar-refractivity contribution is 6.26. The van der Waals surface area contributed by atoms with Crippen LogP contribution in [0.1, 0.15) is 0 Å². The molecule has 0 heterocycles. The third kappa shape index (κ3) is 4.89. The lowest BCUT2D eigenvalue weighted by Crippen LogP contribution is -2.32. The van der Waals surface area contributed by atoms with Gasteiger partial charge in [0.25, 0.3) is 0 Å². The van der Waals surface area contributed by atoms with E-state index in [2.05, 4.69) is 10.6 Å². The molecule has 0 rings (SSSR count). The Morgan fingerprint density at radius 2 is 2.22 bits per heavy atom. The maximum absolute atomic E-state index is 10.1. The first-order valence-corrected chi connectivity index (χ1v) is 2.51. The molecular formula is C3H5ClN2O3. The zero-order valence-electron chi connectivity index (χ0n) is 4.39. The van der Waals surface area contributed by atoms with E-state index in [1.165, 1.54) is 0 Å². The fourth-order valence-electron chi connectivity index (χ4n) is 0.134. The number of carbonyl (C=O) groups is 2. The Balaban J connectivity index is 3.28. The van der Waals surface area contributed by atoms with Gasteiger partial charge in [0.1, 0.15) is 5.88 Å². The number of primary amides is 1. The highest BCUT2D eigenvalue weighted by atomic mass is 35.5. The lowest BCUT2D eigenvalue weighted by atomic mass is 10.8. The van der Waals surface area contributed by atoms with Gasteiger partial charge in [-0.3, -0.25) is 0 Å². The average molecular weight is 153 g/mol. The summed E-state index contributed by atoms with van der Waals surface area (Å²) in [4.78, 5) is 23.9. The lowest BCUT2D eigenvalue weighted by Gasteiger charge is -1.97. The predicted molar refractivity (Wildman–Crippen MR) is 29.5 cm³/mol. The summed E-state index contributed by atoms with van der Waals surface area (Å²) in [5.41, 5.74) is 6.13. The zero-order chi connectivity index (χ0) is 7.28. The minimum absolute atomic E-state index is 0.319. The number of alkyl halides is 1. The normalized spacial score (nSPS) is 8.11. The monoisotopic (exact) mass is 152 g/mol. The van der Waals surface area contributed by atoms with Crippen LogP contribution in [-0.4, -0.2) is 17.9 Å². The van der Waals surface area contributed by atoms with Gasteiger partial charge in [-0.2, -0.15) is 5.48 Å². The molecule has 0 fully saturated rings. The van der Waals surface area contributed by atoms with Crippen molar-refractivity contribution in [1.29, 1.82) is 0 Å². The highest BCUT2D eigenvalue weighted by Crippen LogP contribution is 1.76. The van der Waals surface area contributed by atoms with Gasteiger partial charge < -0.3 is 10.6 Å². The van der Waals surface area contributed by atoms with Crippen LogP contribution >= 0.6 is 11.6 Å². The maximum atomic E-state index is 10.1. The zero-order valence-corrected chi connectivity index (χ0v) is 5.14. The van der Waals surface area contributed by atoms with Crippen LogP contribution < -0.4 is 11.2 Å². The van der Waals surface area contributed by atoms with Crippen LogP contribution in [0.4, 0.5) is 4.79 Å². The fraction of sp³-hybridized carbons (Fsp3) is 0.333. The quantitative estimate of drug-likeness (QED) is 0.387. The van der Waals surface area contributed by atoms with Crippen LogP contribution in [0.25, 0.3) is 0 Å². The van der Waals surface area contributed by atoms with Crippen molar-refractivity contribution in [3.63, 3.8) is 0 Å². The van der Waals surface area contributed by atoms with Crippen molar-refractivity contribution >= 4 is 23.6 Å². The van der Waals surface area contributed by atoms with Crippen molar-refractivity contribution in [1.82, 2.24) is 5.48 Å². The standard InChI is InChI=1S/C3H5ClN2O3/c4-1-2(7)9-6-3(5)8/h1H2,(H3,5,6,8). The van der Waals surface area contributed by atoms with E-state index < -0.39 is 12.0 Å². The van der Waals surface area contributed by atoms with Gasteiger partial charge in [-0.05, 0) is 0 Å². The largest absolute Gasteiger partial charge is 0.349 e. The summed E-state index contributed by atoms with van der Waals surface area (Å²) < 4.78 is 0. The van der Waals surface area contributed by atoms with E-state index in [-0.39, 0.29) is 5.88 Å². The molecule has 0 bridgehead atoms. The molecule has 0 aliphatic heterocycles. The van der Waals surface area contributed by atoms with E-state index in [1.807, 2.05) is 0 Å². The Hall–Kier alpha value is -0.970. The Kier molecular flexibility index (Phi) is 3.54. The van der Waals surface area contributed by atoms with Crippen molar-refractivity contribution in [3.8, 4) is 0 Å². The van der Waals surface area contributed by atoms with Crippen molar-refractivity contribution in [2.75, 3.05) is 5.88 Å². The van der Waals surface area contributed by atoms with Crippen molar-refractivity contribution in [2.24, 2.45) is 5.73 Å². The van der Waals surface area contributed by atoms with Crippen LogP contribution in [-0.2, 0) is 9.63 Å². The summed E-state index contributed by atoms with van der Waals surface area (Å²) in [6.45, 7) is 0. The molecular weight excluding hydrogens is 147 g/mol. The number of urea groups is 1. The van der Waals surface area contributed by atoms with Crippen LogP contribution in [0.5, 0.6) is 0 Å². The van der Waals surface area contributed by atoms with Crippen LogP contribution in [0.2, 0.25) is 0 Å². The second-order valence-electron chi connectivity index (χ2n) is 1.07. The van der Waals surface area contributed by atoms with Crippen molar-refractivity contribution in [3.05, 3.63) is 0 Å². The smallest absolute Gasteiger partial charge is 0.346 e. The SMILES string of the molecule is NC(=O)NOC(=O)CCl. The molecule has 52 valence electrons. The molecule has 9 heavy (non-hydrogen) atoms. The average Bonchev–Trinajstić information content (AvgIpc) is 1.83. The molecule has 0 unspecified atom stereocenters. The van der Waals surface area contributed by atoms with Crippen molar-refractivity contribution in [2.45, 2.75) is 0 Å². The molecule has 0 saturated heterocycles. The maximum Gasteiger partial charge on any atom is 0.346 e. The molecule has 0 radical (unpaired) electrons. The minimum Gasteiger partial charge on any atom is -0.349 e. The third-order valence-corrected chi connectivity index (χ3v) is 0.593. The Morgan fingerprint density at radius 3 is 2.56 bits per heavy atom. The molecule has 3 N–H and O–H groups in total. The molecule has 0 aromatic heterocycles. The molecule has 0 atom stereocenters. The number of nitrogens with one attached hydrogen (secondary N) is 1. The van der Waals surface area contributed by atoms with E-state index in [0.717, 1.165) is 0 Å². The molecule has 0 saturated carbocycles. The second kappa shape index (κ2) is 3.96. The fourth-order valence-corrected chi connectivity index (χ4v) is 0.189.